The van der Waals surface area contributed by atoms with Crippen LogP contribution in [-0.4, -0.2) is 52.3 Å². The minimum absolute atomic E-state index is 0.102. The topological polar surface area (TPSA) is 79.5 Å². The molecule has 0 bridgehead atoms. The lowest BCUT2D eigenvalue weighted by molar-refractivity contribution is -0.144. The molecule has 0 spiro atoms. The van der Waals surface area contributed by atoms with Crippen molar-refractivity contribution >= 4 is 29.2 Å². The van der Waals surface area contributed by atoms with Crippen molar-refractivity contribution < 1.29 is 9.59 Å². The Morgan fingerprint density at radius 3 is 2.75 bits per heavy atom. The lowest BCUT2D eigenvalue weighted by Crippen LogP contribution is -2.63. The van der Waals surface area contributed by atoms with Crippen molar-refractivity contribution in [2.45, 2.75) is 19.4 Å². The molecule has 1 fully saturated rings. The number of piperazine rings is 1. The number of amides is 2. The largest absolute Gasteiger partial charge is 0.384 e. The summed E-state index contributed by atoms with van der Waals surface area (Å²) in [5.74, 6) is -0.193. The summed E-state index contributed by atoms with van der Waals surface area (Å²) in [6, 6.07) is 1.43. The fourth-order valence-electron chi connectivity index (χ4n) is 2.33. The summed E-state index contributed by atoms with van der Waals surface area (Å²) in [5, 5.41) is 0.228. The van der Waals surface area contributed by atoms with Gasteiger partial charge in [-0.25, -0.2) is 4.98 Å². The van der Waals surface area contributed by atoms with E-state index in [1.807, 2.05) is 0 Å². The van der Waals surface area contributed by atoms with Crippen LogP contribution < -0.4 is 5.73 Å². The van der Waals surface area contributed by atoms with E-state index in [9.17, 15) is 9.59 Å². The molecule has 2 heterocycles. The van der Waals surface area contributed by atoms with Gasteiger partial charge < -0.3 is 15.5 Å². The second-order valence-electron chi connectivity index (χ2n) is 5.33. The van der Waals surface area contributed by atoms with Crippen molar-refractivity contribution in [2.24, 2.45) is 0 Å². The van der Waals surface area contributed by atoms with Gasteiger partial charge >= 0.3 is 0 Å². The van der Waals surface area contributed by atoms with Crippen LogP contribution in [0.3, 0.4) is 0 Å². The molecule has 2 rings (SSSR count). The molecule has 108 valence electrons. The molecule has 0 atom stereocenters. The van der Waals surface area contributed by atoms with Crippen molar-refractivity contribution in [3.8, 4) is 0 Å². The molecule has 2 N–H and O–H groups in total. The molecule has 1 aromatic heterocycles. The summed E-state index contributed by atoms with van der Waals surface area (Å²) in [6.07, 6.45) is 1.34. The van der Waals surface area contributed by atoms with Gasteiger partial charge in [-0.15, -0.1) is 0 Å². The average Bonchev–Trinajstić information content (AvgIpc) is 2.38. The minimum Gasteiger partial charge on any atom is -0.384 e. The summed E-state index contributed by atoms with van der Waals surface area (Å²) < 4.78 is 0. The number of nitrogens with zero attached hydrogens (tertiary/aromatic N) is 3. The van der Waals surface area contributed by atoms with Crippen LogP contribution in [0.4, 0.5) is 5.82 Å². The number of aromatic nitrogens is 1. The van der Waals surface area contributed by atoms with Gasteiger partial charge in [0, 0.05) is 26.3 Å². The maximum absolute atomic E-state index is 12.6. The van der Waals surface area contributed by atoms with Crippen molar-refractivity contribution in [1.82, 2.24) is 14.8 Å². The molecule has 7 heteroatoms. The van der Waals surface area contributed by atoms with E-state index in [1.54, 1.807) is 25.8 Å². The Bertz CT molecular complexity index is 573. The first-order chi connectivity index (χ1) is 9.25. The first-order valence-electron chi connectivity index (χ1n) is 6.23. The Morgan fingerprint density at radius 2 is 2.10 bits per heavy atom. The number of anilines is 1. The third-order valence-electron chi connectivity index (χ3n) is 3.56. The number of nitrogens with two attached hydrogens (primary N) is 1. The number of likely N-dealkylation sites (N-methyl/N-ethyl adjacent to an activating group) is 1. The second kappa shape index (κ2) is 4.94. The van der Waals surface area contributed by atoms with Gasteiger partial charge in [0.05, 0.1) is 10.6 Å². The normalized spacial score (nSPS) is 18.3. The van der Waals surface area contributed by atoms with Crippen molar-refractivity contribution in [2.75, 3.05) is 25.9 Å². The third-order valence-corrected chi connectivity index (χ3v) is 3.86. The maximum atomic E-state index is 12.6. The van der Waals surface area contributed by atoms with Crippen LogP contribution in [0.25, 0.3) is 0 Å². The molecule has 1 aliphatic heterocycles. The van der Waals surface area contributed by atoms with Crippen LogP contribution in [0.15, 0.2) is 12.3 Å². The first kappa shape index (κ1) is 14.6. The number of carbonyl (C=O) groups excluding carboxylic acids is 2. The second-order valence-corrected chi connectivity index (χ2v) is 5.74. The van der Waals surface area contributed by atoms with E-state index in [0.29, 0.717) is 13.1 Å². The highest BCUT2D eigenvalue weighted by Gasteiger charge is 2.43. The van der Waals surface area contributed by atoms with Gasteiger partial charge in [0.1, 0.15) is 11.4 Å². The number of hydrogen-bond acceptors (Lipinski definition) is 4. The molecule has 2 amide bonds. The van der Waals surface area contributed by atoms with Crippen molar-refractivity contribution in [1.29, 1.82) is 0 Å². The van der Waals surface area contributed by atoms with Crippen LogP contribution in [0.2, 0.25) is 5.02 Å². The predicted molar refractivity (Wildman–Crippen MR) is 76.4 cm³/mol. The van der Waals surface area contributed by atoms with Gasteiger partial charge in [0.15, 0.2) is 0 Å². The number of nitrogen functional groups attached to an aromatic ring is 1. The zero-order valence-corrected chi connectivity index (χ0v) is 12.4. The summed E-state index contributed by atoms with van der Waals surface area (Å²) in [7, 11) is 1.73. The zero-order chi connectivity index (χ0) is 15.1. The highest BCUT2D eigenvalue weighted by atomic mass is 35.5. The molecular formula is C13H17ClN4O2. The Balaban J connectivity index is 2.38. The van der Waals surface area contributed by atoms with E-state index in [4.69, 9.17) is 17.3 Å². The van der Waals surface area contributed by atoms with E-state index in [2.05, 4.69) is 4.98 Å². The van der Waals surface area contributed by atoms with Gasteiger partial charge in [-0.3, -0.25) is 9.59 Å². The number of halogens is 1. The molecular weight excluding hydrogens is 280 g/mol. The van der Waals surface area contributed by atoms with Gasteiger partial charge in [-0.05, 0) is 19.9 Å². The number of rotatable bonds is 1. The smallest absolute Gasteiger partial charge is 0.256 e. The van der Waals surface area contributed by atoms with Crippen molar-refractivity contribution in [3.63, 3.8) is 0 Å². The Kier molecular flexibility index (Phi) is 3.60. The van der Waals surface area contributed by atoms with Gasteiger partial charge in [-0.2, -0.15) is 0 Å². The third kappa shape index (κ3) is 2.31. The van der Waals surface area contributed by atoms with E-state index in [0.717, 1.165) is 0 Å². The Morgan fingerprint density at radius 1 is 1.45 bits per heavy atom. The Labute approximate surface area is 122 Å². The van der Waals surface area contributed by atoms with E-state index in [1.165, 1.54) is 17.2 Å². The van der Waals surface area contributed by atoms with Crippen LogP contribution in [-0.2, 0) is 4.79 Å². The maximum Gasteiger partial charge on any atom is 0.256 e. The zero-order valence-electron chi connectivity index (χ0n) is 11.7. The highest BCUT2D eigenvalue weighted by Crippen LogP contribution is 2.26. The monoisotopic (exact) mass is 296 g/mol. The van der Waals surface area contributed by atoms with Crippen LogP contribution in [0.1, 0.15) is 24.2 Å². The average molecular weight is 297 g/mol. The number of carbonyl (C=O) groups is 2. The van der Waals surface area contributed by atoms with Gasteiger partial charge in [0.2, 0.25) is 5.91 Å². The number of pyridine rings is 1. The van der Waals surface area contributed by atoms with E-state index < -0.39 is 5.54 Å². The predicted octanol–water partition coefficient (Wildman–Crippen LogP) is 1.01. The van der Waals surface area contributed by atoms with E-state index in [-0.39, 0.29) is 28.2 Å². The minimum atomic E-state index is -0.911. The van der Waals surface area contributed by atoms with Crippen LogP contribution in [0.5, 0.6) is 0 Å². The fraction of sp³-hybridized carbons (Fsp3) is 0.462. The molecule has 20 heavy (non-hydrogen) atoms. The lowest BCUT2D eigenvalue weighted by Gasteiger charge is -2.44. The van der Waals surface area contributed by atoms with Gasteiger partial charge in [-0.1, -0.05) is 11.6 Å². The summed E-state index contributed by atoms with van der Waals surface area (Å²) in [6.45, 7) is 4.39. The SMILES string of the molecule is CN1CCN(C(=O)c2cc(N)ncc2Cl)C(C)(C)C1=O. The number of hydrogen-bond donors (Lipinski definition) is 1. The summed E-state index contributed by atoms with van der Waals surface area (Å²) in [4.78, 5) is 31.8. The molecule has 0 radical (unpaired) electrons. The lowest BCUT2D eigenvalue weighted by atomic mass is 9.96. The standard InChI is InChI=1S/C13H17ClN4O2/c1-13(2)12(20)17(3)4-5-18(13)11(19)8-6-10(15)16-7-9(8)14/h6-7H,4-5H2,1-3H3,(H2,15,16). The molecule has 1 saturated heterocycles. The first-order valence-corrected chi connectivity index (χ1v) is 6.61. The Hall–Kier alpha value is -1.82. The molecule has 0 saturated carbocycles. The molecule has 1 aromatic rings. The molecule has 0 unspecified atom stereocenters. The fourth-order valence-corrected chi connectivity index (χ4v) is 2.52. The molecule has 6 nitrogen and oxygen atoms in total. The molecule has 0 aliphatic carbocycles. The highest BCUT2D eigenvalue weighted by molar-refractivity contribution is 6.33. The molecule has 1 aliphatic rings. The summed E-state index contributed by atoms with van der Waals surface area (Å²) >= 11 is 6.01. The van der Waals surface area contributed by atoms with Crippen LogP contribution in [0, 0.1) is 0 Å². The van der Waals surface area contributed by atoms with Crippen molar-refractivity contribution in [3.05, 3.63) is 22.8 Å². The molecule has 0 aromatic carbocycles. The quantitative estimate of drug-likeness (QED) is 0.839. The summed E-state index contributed by atoms with van der Waals surface area (Å²) in [5.41, 5.74) is 4.95. The van der Waals surface area contributed by atoms with Gasteiger partial charge in [0.25, 0.3) is 5.91 Å². The van der Waals surface area contributed by atoms with Crippen LogP contribution >= 0.6 is 11.6 Å². The van der Waals surface area contributed by atoms with E-state index >= 15 is 0 Å².